The molecule has 1 fully saturated rings. The fraction of sp³-hybridized carbons (Fsp3) is 0.636. The van der Waals surface area contributed by atoms with Gasteiger partial charge in [0, 0.05) is 13.1 Å². The summed E-state index contributed by atoms with van der Waals surface area (Å²) in [6.45, 7) is 8.07. The van der Waals surface area contributed by atoms with Gasteiger partial charge in [-0.25, -0.2) is 0 Å². The van der Waals surface area contributed by atoms with Gasteiger partial charge >= 0.3 is 0 Å². The van der Waals surface area contributed by atoms with Gasteiger partial charge in [-0.3, -0.25) is 15.3 Å². The van der Waals surface area contributed by atoms with E-state index in [0.717, 1.165) is 37.9 Å². The minimum atomic E-state index is -0.254. The van der Waals surface area contributed by atoms with Crippen LogP contribution in [0.25, 0.3) is 0 Å². The second kappa shape index (κ2) is 11.6. The number of hydrogen-bond donors (Lipinski definition) is 3. The molecule has 1 heterocycles. The largest absolute Gasteiger partial charge is 0.334 e. The van der Waals surface area contributed by atoms with Crippen molar-refractivity contribution in [2.24, 2.45) is 9.98 Å². The Morgan fingerprint density at radius 2 is 1.37 bits per heavy atom. The van der Waals surface area contributed by atoms with Gasteiger partial charge in [-0.1, -0.05) is 75.8 Å². The van der Waals surface area contributed by atoms with E-state index in [1.807, 2.05) is 6.07 Å². The van der Waals surface area contributed by atoms with Crippen molar-refractivity contribution in [2.45, 2.75) is 77.8 Å². The zero-order valence-corrected chi connectivity index (χ0v) is 17.4. The van der Waals surface area contributed by atoms with Gasteiger partial charge in [0.15, 0.2) is 11.9 Å². The molecule has 0 atom stereocenters. The van der Waals surface area contributed by atoms with E-state index in [9.17, 15) is 0 Å². The molecule has 0 amide bonds. The number of unbranched alkanes of at least 4 members (excludes halogenated alkanes) is 6. The van der Waals surface area contributed by atoms with E-state index in [1.54, 1.807) is 0 Å². The van der Waals surface area contributed by atoms with Crippen molar-refractivity contribution >= 4 is 11.9 Å². The summed E-state index contributed by atoms with van der Waals surface area (Å²) in [6, 6.07) is 10.5. The summed E-state index contributed by atoms with van der Waals surface area (Å²) in [7, 11) is 0. The standard InChI is InChI=1S/C22H37N5/c1-4-5-6-7-8-9-13-17-23-20-25-21(27-22(2,3)26-20)24-18-16-19-14-11-10-12-15-19/h10-12,14-15H,4-9,13,16-18H2,1-3H3,(H3,23,24,25,26,27). The Kier molecular flexibility index (Phi) is 9.16. The maximum absolute atomic E-state index is 4.70. The van der Waals surface area contributed by atoms with Crippen LogP contribution < -0.4 is 16.0 Å². The Balaban J connectivity index is 1.75. The van der Waals surface area contributed by atoms with Crippen LogP contribution in [-0.4, -0.2) is 30.7 Å². The fourth-order valence-corrected chi connectivity index (χ4v) is 3.16. The topological polar surface area (TPSA) is 60.8 Å². The third-order valence-corrected chi connectivity index (χ3v) is 4.64. The van der Waals surface area contributed by atoms with E-state index in [-0.39, 0.29) is 5.66 Å². The zero-order valence-electron chi connectivity index (χ0n) is 17.4. The quantitative estimate of drug-likeness (QED) is 0.511. The summed E-state index contributed by atoms with van der Waals surface area (Å²) in [6.07, 6.45) is 10.1. The van der Waals surface area contributed by atoms with Crippen molar-refractivity contribution in [3.05, 3.63) is 35.9 Å². The maximum atomic E-state index is 4.70. The van der Waals surface area contributed by atoms with Crippen LogP contribution in [0.1, 0.15) is 71.3 Å². The summed E-state index contributed by atoms with van der Waals surface area (Å²) in [5, 5.41) is 10.1. The average Bonchev–Trinajstić information content (AvgIpc) is 2.63. The highest BCUT2D eigenvalue weighted by molar-refractivity contribution is 6.01. The Bertz CT molecular complexity index is 592. The molecule has 3 N–H and O–H groups in total. The van der Waals surface area contributed by atoms with Crippen LogP contribution in [-0.2, 0) is 6.42 Å². The minimum Gasteiger partial charge on any atom is -0.334 e. The third kappa shape index (κ3) is 8.94. The van der Waals surface area contributed by atoms with Crippen LogP contribution in [0.2, 0.25) is 0 Å². The number of aliphatic imine (C=N–C) groups is 2. The molecule has 5 nitrogen and oxygen atoms in total. The minimum absolute atomic E-state index is 0.254. The monoisotopic (exact) mass is 371 g/mol. The third-order valence-electron chi connectivity index (χ3n) is 4.64. The van der Waals surface area contributed by atoms with E-state index in [1.165, 1.54) is 44.1 Å². The summed E-state index contributed by atoms with van der Waals surface area (Å²) in [5.74, 6) is 1.62. The Morgan fingerprint density at radius 3 is 2.04 bits per heavy atom. The highest BCUT2D eigenvalue weighted by Gasteiger charge is 2.26. The van der Waals surface area contributed by atoms with E-state index in [4.69, 9.17) is 4.99 Å². The Hall–Kier alpha value is -2.04. The number of hydrogen-bond acceptors (Lipinski definition) is 2. The molecule has 27 heavy (non-hydrogen) atoms. The van der Waals surface area contributed by atoms with Gasteiger partial charge < -0.3 is 10.6 Å². The first kappa shape index (κ1) is 21.3. The van der Waals surface area contributed by atoms with Gasteiger partial charge in [0.1, 0.15) is 5.66 Å². The van der Waals surface area contributed by atoms with Crippen molar-refractivity contribution in [1.82, 2.24) is 16.0 Å². The first-order chi connectivity index (χ1) is 13.1. The zero-order chi connectivity index (χ0) is 19.4. The summed E-state index contributed by atoms with van der Waals surface area (Å²) in [5.41, 5.74) is 1.05. The molecule has 150 valence electrons. The van der Waals surface area contributed by atoms with Crippen molar-refractivity contribution in [2.75, 3.05) is 13.1 Å². The normalized spacial score (nSPS) is 18.8. The Morgan fingerprint density at radius 1 is 0.778 bits per heavy atom. The van der Waals surface area contributed by atoms with Gasteiger partial charge in [-0.05, 0) is 32.3 Å². The maximum Gasteiger partial charge on any atom is 0.199 e. The fourth-order valence-electron chi connectivity index (χ4n) is 3.16. The number of guanidine groups is 2. The molecule has 1 aliphatic heterocycles. The number of rotatable bonds is 11. The van der Waals surface area contributed by atoms with Gasteiger partial charge in [0.25, 0.3) is 0 Å². The summed E-state index contributed by atoms with van der Waals surface area (Å²) >= 11 is 0. The van der Waals surface area contributed by atoms with E-state index in [0.29, 0.717) is 0 Å². The molecule has 0 aromatic heterocycles. The van der Waals surface area contributed by atoms with E-state index in [2.05, 4.69) is 66.0 Å². The molecule has 1 aromatic rings. The molecular formula is C22H37N5. The van der Waals surface area contributed by atoms with Gasteiger partial charge in [0.05, 0.1) is 0 Å². The lowest BCUT2D eigenvalue weighted by atomic mass is 10.1. The van der Waals surface area contributed by atoms with Gasteiger partial charge in [-0.2, -0.15) is 0 Å². The lowest BCUT2D eigenvalue weighted by molar-refractivity contribution is 0.403. The van der Waals surface area contributed by atoms with Crippen molar-refractivity contribution in [3.63, 3.8) is 0 Å². The molecule has 0 saturated carbocycles. The average molecular weight is 372 g/mol. The van der Waals surface area contributed by atoms with Crippen LogP contribution in [0, 0.1) is 0 Å². The molecule has 0 unspecified atom stereocenters. The Labute approximate surface area is 165 Å². The highest BCUT2D eigenvalue weighted by atomic mass is 15.4. The van der Waals surface area contributed by atoms with Crippen molar-refractivity contribution in [3.8, 4) is 0 Å². The van der Waals surface area contributed by atoms with Crippen molar-refractivity contribution in [1.29, 1.82) is 0 Å². The predicted molar refractivity (Wildman–Crippen MR) is 116 cm³/mol. The van der Waals surface area contributed by atoms with Gasteiger partial charge in [0.2, 0.25) is 0 Å². The molecule has 1 saturated heterocycles. The number of benzene rings is 1. The van der Waals surface area contributed by atoms with Crippen LogP contribution in [0.3, 0.4) is 0 Å². The van der Waals surface area contributed by atoms with Crippen LogP contribution >= 0.6 is 0 Å². The van der Waals surface area contributed by atoms with Crippen molar-refractivity contribution < 1.29 is 0 Å². The van der Waals surface area contributed by atoms with E-state index >= 15 is 0 Å². The number of nitrogens with zero attached hydrogens (tertiary/aromatic N) is 2. The lowest BCUT2D eigenvalue weighted by Gasteiger charge is -2.36. The molecular weight excluding hydrogens is 334 g/mol. The highest BCUT2D eigenvalue weighted by Crippen LogP contribution is 2.07. The predicted octanol–water partition coefficient (Wildman–Crippen LogP) is 4.21. The molecule has 5 heteroatoms. The lowest BCUT2D eigenvalue weighted by Crippen LogP contribution is -2.68. The smallest absolute Gasteiger partial charge is 0.199 e. The molecule has 1 aromatic carbocycles. The molecule has 2 rings (SSSR count). The number of nitrogens with one attached hydrogen (secondary N) is 3. The second-order valence-electron chi connectivity index (χ2n) is 7.82. The first-order valence-electron chi connectivity index (χ1n) is 10.6. The SMILES string of the molecule is CCCCCCCCCN=C1NC(=NCCc2ccccc2)NC(C)(C)N1. The molecule has 0 bridgehead atoms. The second-order valence-corrected chi connectivity index (χ2v) is 7.82. The van der Waals surface area contributed by atoms with Gasteiger partial charge in [-0.15, -0.1) is 0 Å². The molecule has 0 spiro atoms. The van der Waals surface area contributed by atoms with Crippen LogP contribution in [0.4, 0.5) is 0 Å². The first-order valence-corrected chi connectivity index (χ1v) is 10.6. The summed E-state index contributed by atoms with van der Waals surface area (Å²) in [4.78, 5) is 9.39. The van der Waals surface area contributed by atoms with Crippen LogP contribution in [0.15, 0.2) is 40.3 Å². The molecule has 1 aliphatic rings. The molecule has 0 radical (unpaired) electrons. The van der Waals surface area contributed by atoms with E-state index < -0.39 is 0 Å². The summed E-state index contributed by atoms with van der Waals surface area (Å²) < 4.78 is 0. The molecule has 0 aliphatic carbocycles. The van der Waals surface area contributed by atoms with Crippen LogP contribution in [0.5, 0.6) is 0 Å².